The standard InChI is InChI=1S/C40H51NO3Si2/c1-38(2,3)45(34-19-11-7-12-20-34,35-21-13-8-14-22-35)43-32-27-40(31-42)28-33(30-41(40)29-32)44-46(39(4,5)6,36-23-15-9-16-24-36)37-25-17-10-18-26-37/h7-26,32-33,42H,27-31H2,1-6H3/t32-,33+,40?. The van der Waals surface area contributed by atoms with Crippen molar-refractivity contribution in [3.8, 4) is 0 Å². The fraction of sp³-hybridized carbons (Fsp3) is 0.400. The lowest BCUT2D eigenvalue weighted by molar-refractivity contribution is 0.0979. The van der Waals surface area contributed by atoms with E-state index in [1.54, 1.807) is 0 Å². The third kappa shape index (κ3) is 5.67. The van der Waals surface area contributed by atoms with Gasteiger partial charge >= 0.3 is 0 Å². The fourth-order valence-corrected chi connectivity index (χ4v) is 17.9. The second-order valence-corrected chi connectivity index (χ2v) is 24.0. The Morgan fingerprint density at radius 3 is 1.07 bits per heavy atom. The van der Waals surface area contributed by atoms with Crippen LogP contribution in [-0.2, 0) is 8.85 Å². The Morgan fingerprint density at radius 1 is 0.565 bits per heavy atom. The van der Waals surface area contributed by atoms with Gasteiger partial charge < -0.3 is 14.0 Å². The molecule has 0 saturated carbocycles. The van der Waals surface area contributed by atoms with Crippen LogP contribution in [0.4, 0.5) is 0 Å². The topological polar surface area (TPSA) is 41.9 Å². The van der Waals surface area contributed by atoms with Crippen LogP contribution in [-0.4, -0.2) is 64.1 Å². The van der Waals surface area contributed by atoms with Gasteiger partial charge in [0.25, 0.3) is 16.6 Å². The van der Waals surface area contributed by atoms with Gasteiger partial charge in [-0.25, -0.2) is 0 Å². The van der Waals surface area contributed by atoms with E-state index in [9.17, 15) is 5.11 Å². The van der Waals surface area contributed by atoms with Crippen molar-refractivity contribution < 1.29 is 14.0 Å². The largest absolute Gasteiger partial charge is 0.403 e. The number of rotatable bonds is 9. The van der Waals surface area contributed by atoms with Crippen LogP contribution in [0.5, 0.6) is 0 Å². The summed E-state index contributed by atoms with van der Waals surface area (Å²) in [7, 11) is -5.42. The molecule has 0 aromatic heterocycles. The molecule has 2 aliphatic rings. The van der Waals surface area contributed by atoms with Gasteiger partial charge in [-0.1, -0.05) is 163 Å². The molecule has 1 unspecified atom stereocenters. The van der Waals surface area contributed by atoms with Crippen molar-refractivity contribution in [2.75, 3.05) is 19.7 Å². The smallest absolute Gasteiger partial charge is 0.261 e. The number of hydrogen-bond acceptors (Lipinski definition) is 4. The van der Waals surface area contributed by atoms with Crippen molar-refractivity contribution in [3.05, 3.63) is 121 Å². The molecule has 3 atom stereocenters. The van der Waals surface area contributed by atoms with Gasteiger partial charge in [-0.05, 0) is 43.7 Å². The first-order valence-electron chi connectivity index (χ1n) is 16.9. The Balaban J connectivity index is 1.32. The average Bonchev–Trinajstić information content (AvgIpc) is 3.56. The summed E-state index contributed by atoms with van der Waals surface area (Å²) >= 11 is 0. The summed E-state index contributed by atoms with van der Waals surface area (Å²) in [6.45, 7) is 15.7. The molecule has 6 heteroatoms. The number of fused-ring (bicyclic) bond motifs is 1. The summed E-state index contributed by atoms with van der Waals surface area (Å²) in [5.41, 5.74) is -0.355. The minimum atomic E-state index is -2.71. The van der Waals surface area contributed by atoms with Crippen molar-refractivity contribution in [2.24, 2.45) is 0 Å². The molecular weight excluding hydrogens is 599 g/mol. The maximum atomic E-state index is 11.1. The van der Waals surface area contributed by atoms with E-state index in [2.05, 4.69) is 168 Å². The van der Waals surface area contributed by atoms with Gasteiger partial charge in [0.1, 0.15) is 0 Å². The zero-order valence-corrected chi connectivity index (χ0v) is 30.4. The molecule has 0 amide bonds. The average molecular weight is 650 g/mol. The first kappa shape index (κ1) is 33.1. The minimum absolute atomic E-state index is 0.0206. The third-order valence-corrected chi connectivity index (χ3v) is 20.7. The molecule has 4 aromatic carbocycles. The van der Waals surface area contributed by atoms with E-state index in [-0.39, 0.29) is 34.4 Å². The molecule has 0 aliphatic carbocycles. The molecule has 0 bridgehead atoms. The first-order valence-corrected chi connectivity index (χ1v) is 20.7. The van der Waals surface area contributed by atoms with Crippen LogP contribution in [0.1, 0.15) is 54.4 Å². The maximum Gasteiger partial charge on any atom is 0.261 e. The molecule has 6 rings (SSSR count). The van der Waals surface area contributed by atoms with E-state index in [0.717, 1.165) is 25.9 Å². The predicted molar refractivity (Wildman–Crippen MR) is 196 cm³/mol. The minimum Gasteiger partial charge on any atom is -0.403 e. The predicted octanol–water partition coefficient (Wildman–Crippen LogP) is 5.72. The number of nitrogens with zero attached hydrogens (tertiary/aromatic N) is 1. The van der Waals surface area contributed by atoms with Gasteiger partial charge in [-0.2, -0.15) is 0 Å². The summed E-state index contributed by atoms with van der Waals surface area (Å²) in [4.78, 5) is 2.50. The maximum absolute atomic E-state index is 11.1. The summed E-state index contributed by atoms with van der Waals surface area (Å²) in [6, 6.07) is 43.6. The summed E-state index contributed by atoms with van der Waals surface area (Å²) in [5.74, 6) is 0. The highest BCUT2D eigenvalue weighted by atomic mass is 28.4. The summed E-state index contributed by atoms with van der Waals surface area (Å²) in [5, 5.41) is 16.1. The molecule has 242 valence electrons. The molecule has 46 heavy (non-hydrogen) atoms. The second-order valence-electron chi connectivity index (χ2n) is 15.5. The molecule has 4 aromatic rings. The Hall–Kier alpha value is -2.85. The molecule has 0 radical (unpaired) electrons. The van der Waals surface area contributed by atoms with Gasteiger partial charge in [0, 0.05) is 18.6 Å². The molecule has 1 N–H and O–H groups in total. The van der Waals surface area contributed by atoms with Gasteiger partial charge in [0.15, 0.2) is 0 Å². The molecule has 2 fully saturated rings. The normalized spacial score (nSPS) is 22.6. The van der Waals surface area contributed by atoms with Crippen LogP contribution in [0.15, 0.2) is 121 Å². The lowest BCUT2D eigenvalue weighted by atomic mass is 9.94. The third-order valence-electron chi connectivity index (χ3n) is 10.5. The van der Waals surface area contributed by atoms with E-state index >= 15 is 0 Å². The van der Waals surface area contributed by atoms with Crippen molar-refractivity contribution >= 4 is 37.4 Å². The molecule has 4 nitrogen and oxygen atoms in total. The fourth-order valence-electron chi connectivity index (χ4n) is 8.54. The van der Waals surface area contributed by atoms with Crippen molar-refractivity contribution in [1.29, 1.82) is 0 Å². The van der Waals surface area contributed by atoms with E-state index < -0.39 is 16.6 Å². The Morgan fingerprint density at radius 2 is 0.848 bits per heavy atom. The van der Waals surface area contributed by atoms with Crippen LogP contribution in [0, 0.1) is 0 Å². The van der Waals surface area contributed by atoms with E-state index in [4.69, 9.17) is 8.85 Å². The van der Waals surface area contributed by atoms with Gasteiger partial charge in [0.05, 0.1) is 18.8 Å². The van der Waals surface area contributed by atoms with E-state index in [1.807, 2.05) is 0 Å². The Kier molecular flexibility index (Phi) is 9.09. The molecule has 2 saturated heterocycles. The second kappa shape index (κ2) is 12.6. The highest BCUT2D eigenvalue weighted by Crippen LogP contribution is 2.46. The van der Waals surface area contributed by atoms with Gasteiger partial charge in [-0.15, -0.1) is 0 Å². The quantitative estimate of drug-likeness (QED) is 0.236. The highest BCUT2D eigenvalue weighted by molar-refractivity contribution is 7.00. The zero-order chi connectivity index (χ0) is 32.6. The first-order chi connectivity index (χ1) is 22.0. The SMILES string of the molecule is CC(C)(C)[Si](O[C@@H]1CN2C[C@H](O[Si](c3ccccc3)(c3ccccc3)C(C)(C)C)CC2(CO)C1)(c1ccccc1)c1ccccc1. The van der Waals surface area contributed by atoms with Crippen molar-refractivity contribution in [2.45, 2.75) is 82.2 Å². The van der Waals surface area contributed by atoms with Crippen molar-refractivity contribution in [3.63, 3.8) is 0 Å². The lowest BCUT2D eigenvalue weighted by Crippen LogP contribution is -2.68. The molecule has 0 spiro atoms. The van der Waals surface area contributed by atoms with Crippen molar-refractivity contribution in [1.82, 2.24) is 4.90 Å². The van der Waals surface area contributed by atoms with Crippen LogP contribution in [0.3, 0.4) is 0 Å². The molecule has 2 heterocycles. The Labute approximate surface area is 278 Å². The number of aliphatic hydroxyl groups is 1. The van der Waals surface area contributed by atoms with Gasteiger partial charge in [-0.3, -0.25) is 4.90 Å². The van der Waals surface area contributed by atoms with Crippen LogP contribution in [0.25, 0.3) is 0 Å². The lowest BCUT2D eigenvalue weighted by Gasteiger charge is -2.45. The molecular formula is C40H51NO3Si2. The summed E-state index contributed by atoms with van der Waals surface area (Å²) in [6.07, 6.45) is 1.64. The number of aliphatic hydroxyl groups excluding tert-OH is 1. The monoisotopic (exact) mass is 649 g/mol. The van der Waals surface area contributed by atoms with Crippen LogP contribution < -0.4 is 20.7 Å². The zero-order valence-electron chi connectivity index (χ0n) is 28.4. The van der Waals surface area contributed by atoms with Crippen LogP contribution in [0.2, 0.25) is 10.1 Å². The highest BCUT2D eigenvalue weighted by Gasteiger charge is 2.59. The van der Waals surface area contributed by atoms with E-state index in [0.29, 0.717) is 0 Å². The van der Waals surface area contributed by atoms with Gasteiger partial charge in [0.2, 0.25) is 0 Å². The summed E-state index contributed by atoms with van der Waals surface area (Å²) < 4.78 is 15.2. The molecule has 2 aliphatic heterocycles. The number of hydrogen-bond donors (Lipinski definition) is 1. The van der Waals surface area contributed by atoms with Crippen LogP contribution >= 0.6 is 0 Å². The Bertz CT molecular complexity index is 1380. The number of benzene rings is 4. The van der Waals surface area contributed by atoms with E-state index in [1.165, 1.54) is 20.7 Å².